The van der Waals surface area contributed by atoms with Gasteiger partial charge in [0.15, 0.2) is 0 Å². The largest absolute Gasteiger partial charge is 0.378 e. The first-order valence-corrected chi connectivity index (χ1v) is 8.91. The number of nitrogens with zero attached hydrogens (tertiary/aromatic N) is 1. The molecule has 1 heterocycles. The Morgan fingerprint density at radius 3 is 2.87 bits per heavy atom. The van der Waals surface area contributed by atoms with Gasteiger partial charge in [0, 0.05) is 41.0 Å². The highest BCUT2D eigenvalue weighted by Crippen LogP contribution is 2.37. The first kappa shape index (κ1) is 16.2. The van der Waals surface area contributed by atoms with Crippen molar-refractivity contribution in [1.29, 1.82) is 0 Å². The normalized spacial score (nSPS) is 16.6. The zero-order chi connectivity index (χ0) is 16.4. The van der Waals surface area contributed by atoms with Gasteiger partial charge in [0.2, 0.25) is 0 Å². The summed E-state index contributed by atoms with van der Waals surface area (Å²) in [5.41, 5.74) is 2.81. The molecule has 23 heavy (non-hydrogen) atoms. The molecule has 120 valence electrons. The van der Waals surface area contributed by atoms with Crippen molar-refractivity contribution in [1.82, 2.24) is 5.32 Å². The summed E-state index contributed by atoms with van der Waals surface area (Å²) in [6, 6.07) is 13.6. The van der Waals surface area contributed by atoms with E-state index in [1.54, 1.807) is 0 Å². The van der Waals surface area contributed by atoms with Crippen LogP contribution in [0.4, 0.5) is 5.69 Å². The number of carbonyl (C=O) groups excluding carboxylic acids is 1. The molecular weight excluding hydrogens is 328 g/mol. The molecule has 0 aliphatic carbocycles. The van der Waals surface area contributed by atoms with Crippen LogP contribution in [0.1, 0.15) is 28.4 Å². The maximum Gasteiger partial charge on any atom is 0.251 e. The van der Waals surface area contributed by atoms with Crippen molar-refractivity contribution >= 4 is 35.0 Å². The zero-order valence-corrected chi connectivity index (χ0v) is 14.7. The molecule has 0 aromatic heterocycles. The average Bonchev–Trinajstić information content (AvgIpc) is 2.55. The fourth-order valence-corrected chi connectivity index (χ4v) is 3.97. The van der Waals surface area contributed by atoms with E-state index >= 15 is 0 Å². The van der Waals surface area contributed by atoms with Gasteiger partial charge in [0.05, 0.1) is 6.04 Å². The van der Waals surface area contributed by atoms with E-state index in [1.807, 2.05) is 73.2 Å². The van der Waals surface area contributed by atoms with E-state index in [0.29, 0.717) is 10.6 Å². The number of benzene rings is 2. The molecule has 2 aromatic rings. The number of rotatable bonds is 3. The molecule has 1 amide bonds. The van der Waals surface area contributed by atoms with Gasteiger partial charge in [-0.15, -0.1) is 11.8 Å². The second-order valence-electron chi connectivity index (χ2n) is 5.79. The SMILES string of the molecule is CN(C)c1cccc(C(=O)N[C@H]2CCSc3ccc(Cl)cc32)c1. The lowest BCUT2D eigenvalue weighted by atomic mass is 10.0. The third kappa shape index (κ3) is 3.65. The molecule has 2 aromatic carbocycles. The number of anilines is 1. The zero-order valence-electron chi connectivity index (χ0n) is 13.2. The molecule has 0 fully saturated rings. The molecule has 5 heteroatoms. The minimum absolute atomic E-state index is 0.0143. The summed E-state index contributed by atoms with van der Waals surface area (Å²) in [6.45, 7) is 0. The fraction of sp³-hybridized carbons (Fsp3) is 0.278. The first-order chi connectivity index (χ1) is 11.0. The molecule has 0 saturated heterocycles. The Labute approximate surface area is 146 Å². The topological polar surface area (TPSA) is 32.3 Å². The Hall–Kier alpha value is -1.65. The summed E-state index contributed by atoms with van der Waals surface area (Å²) in [6.07, 6.45) is 0.914. The third-order valence-electron chi connectivity index (χ3n) is 3.94. The first-order valence-electron chi connectivity index (χ1n) is 7.55. The van der Waals surface area contributed by atoms with Crippen LogP contribution in [0.5, 0.6) is 0 Å². The van der Waals surface area contributed by atoms with Crippen molar-refractivity contribution in [3.8, 4) is 0 Å². The lowest BCUT2D eigenvalue weighted by Gasteiger charge is -2.26. The summed E-state index contributed by atoms with van der Waals surface area (Å²) in [5.74, 6) is 0.952. The van der Waals surface area contributed by atoms with Crippen molar-refractivity contribution in [2.24, 2.45) is 0 Å². The monoisotopic (exact) mass is 346 g/mol. The summed E-state index contributed by atoms with van der Waals surface area (Å²) < 4.78 is 0. The highest BCUT2D eigenvalue weighted by molar-refractivity contribution is 7.99. The third-order valence-corrected chi connectivity index (χ3v) is 5.30. The second-order valence-corrected chi connectivity index (χ2v) is 7.36. The van der Waals surface area contributed by atoms with Gasteiger partial charge in [-0.1, -0.05) is 17.7 Å². The molecule has 1 N–H and O–H groups in total. The van der Waals surface area contributed by atoms with Crippen LogP contribution < -0.4 is 10.2 Å². The van der Waals surface area contributed by atoms with Crippen LogP contribution in [0, 0.1) is 0 Å². The van der Waals surface area contributed by atoms with E-state index in [9.17, 15) is 4.79 Å². The fourth-order valence-electron chi connectivity index (χ4n) is 2.68. The Morgan fingerprint density at radius 1 is 1.26 bits per heavy atom. The molecular formula is C18H19ClN2OS. The number of hydrogen-bond donors (Lipinski definition) is 1. The molecule has 0 spiro atoms. The van der Waals surface area contributed by atoms with Crippen molar-refractivity contribution < 1.29 is 4.79 Å². The summed E-state index contributed by atoms with van der Waals surface area (Å²) >= 11 is 7.94. The van der Waals surface area contributed by atoms with Gasteiger partial charge in [-0.2, -0.15) is 0 Å². The number of thioether (sulfide) groups is 1. The van der Waals surface area contributed by atoms with Crippen LogP contribution in [0.15, 0.2) is 47.4 Å². The Balaban J connectivity index is 1.82. The van der Waals surface area contributed by atoms with Gasteiger partial charge < -0.3 is 10.2 Å². The van der Waals surface area contributed by atoms with Crippen molar-refractivity contribution in [2.75, 3.05) is 24.7 Å². The summed E-state index contributed by atoms with van der Waals surface area (Å²) in [7, 11) is 3.93. The molecule has 1 atom stereocenters. The van der Waals surface area contributed by atoms with E-state index in [2.05, 4.69) is 5.32 Å². The molecule has 0 unspecified atom stereocenters. The maximum absolute atomic E-state index is 12.6. The van der Waals surface area contributed by atoms with Crippen LogP contribution in [-0.2, 0) is 0 Å². The lowest BCUT2D eigenvalue weighted by molar-refractivity contribution is 0.0935. The molecule has 0 radical (unpaired) electrons. The molecule has 3 rings (SSSR count). The average molecular weight is 347 g/mol. The Bertz CT molecular complexity index is 733. The van der Waals surface area contributed by atoms with Crippen LogP contribution >= 0.6 is 23.4 Å². The second kappa shape index (κ2) is 6.85. The number of carbonyl (C=O) groups is 1. The van der Waals surface area contributed by atoms with Crippen molar-refractivity contribution in [2.45, 2.75) is 17.4 Å². The van der Waals surface area contributed by atoms with Crippen molar-refractivity contribution in [3.63, 3.8) is 0 Å². The van der Waals surface area contributed by atoms with E-state index in [4.69, 9.17) is 11.6 Å². The van der Waals surface area contributed by atoms with Gasteiger partial charge in [0.1, 0.15) is 0 Å². The number of fused-ring (bicyclic) bond motifs is 1. The molecule has 1 aliphatic heterocycles. The highest BCUT2D eigenvalue weighted by Gasteiger charge is 2.23. The van der Waals surface area contributed by atoms with E-state index in [1.165, 1.54) is 4.90 Å². The minimum Gasteiger partial charge on any atom is -0.378 e. The predicted octanol–water partition coefficient (Wildman–Crippen LogP) is 4.37. The van der Waals surface area contributed by atoms with Crippen LogP contribution in [-0.4, -0.2) is 25.8 Å². The van der Waals surface area contributed by atoms with E-state index in [-0.39, 0.29) is 11.9 Å². The maximum atomic E-state index is 12.6. The number of halogens is 1. The van der Waals surface area contributed by atoms with Crippen LogP contribution in [0.25, 0.3) is 0 Å². The number of hydrogen-bond acceptors (Lipinski definition) is 3. The van der Waals surface area contributed by atoms with E-state index < -0.39 is 0 Å². The van der Waals surface area contributed by atoms with E-state index in [0.717, 1.165) is 23.4 Å². The Kier molecular flexibility index (Phi) is 4.83. The van der Waals surface area contributed by atoms with Crippen LogP contribution in [0.3, 0.4) is 0 Å². The summed E-state index contributed by atoms with van der Waals surface area (Å²) in [5, 5.41) is 3.86. The quantitative estimate of drug-likeness (QED) is 0.895. The minimum atomic E-state index is -0.0449. The highest BCUT2D eigenvalue weighted by atomic mass is 35.5. The number of nitrogens with one attached hydrogen (secondary N) is 1. The van der Waals surface area contributed by atoms with Gasteiger partial charge in [0.25, 0.3) is 5.91 Å². The molecule has 0 saturated carbocycles. The van der Waals surface area contributed by atoms with Crippen LogP contribution in [0.2, 0.25) is 5.02 Å². The Morgan fingerprint density at radius 2 is 2.09 bits per heavy atom. The van der Waals surface area contributed by atoms with Gasteiger partial charge >= 0.3 is 0 Å². The van der Waals surface area contributed by atoms with Gasteiger partial charge in [-0.25, -0.2) is 0 Å². The summed E-state index contributed by atoms with van der Waals surface area (Å²) in [4.78, 5) is 15.8. The smallest absolute Gasteiger partial charge is 0.251 e. The number of amides is 1. The molecule has 3 nitrogen and oxygen atoms in total. The molecule has 0 bridgehead atoms. The predicted molar refractivity (Wildman–Crippen MR) is 97.8 cm³/mol. The standard InChI is InChI=1S/C18H19ClN2OS/c1-21(2)14-5-3-4-12(10-14)18(22)20-16-8-9-23-17-7-6-13(19)11-15(16)17/h3-7,10-11,16H,8-9H2,1-2H3,(H,20,22)/t16-/m0/s1. The molecule has 1 aliphatic rings. The van der Waals surface area contributed by atoms with Gasteiger partial charge in [-0.3, -0.25) is 4.79 Å². The van der Waals surface area contributed by atoms with Crippen molar-refractivity contribution in [3.05, 3.63) is 58.6 Å². The van der Waals surface area contributed by atoms with Gasteiger partial charge in [-0.05, 0) is 48.4 Å². The lowest BCUT2D eigenvalue weighted by Crippen LogP contribution is -2.30.